The van der Waals surface area contributed by atoms with E-state index in [1.807, 2.05) is 0 Å². The Morgan fingerprint density at radius 1 is 0.885 bits per heavy atom. The van der Waals surface area contributed by atoms with E-state index in [2.05, 4.69) is 0 Å². The van der Waals surface area contributed by atoms with Gasteiger partial charge in [-0.15, -0.1) is 0 Å². The Morgan fingerprint density at radius 2 is 1.54 bits per heavy atom. The minimum Gasteiger partial charge on any atom is -0.465 e. The van der Waals surface area contributed by atoms with Crippen molar-refractivity contribution >= 4 is 23.6 Å². The fourth-order valence-electron chi connectivity index (χ4n) is 2.59. The molecule has 0 saturated carbocycles. The molecule has 1 aliphatic heterocycles. The van der Waals surface area contributed by atoms with E-state index in [0.717, 1.165) is 0 Å². The third-order valence-electron chi connectivity index (χ3n) is 3.77. The van der Waals surface area contributed by atoms with Gasteiger partial charge in [0, 0.05) is 6.20 Å². The summed E-state index contributed by atoms with van der Waals surface area (Å²) in [5, 5.41) is 0. The highest BCUT2D eigenvalue weighted by atomic mass is 16.5. The number of nitrogens with zero attached hydrogens (tertiary/aromatic N) is 1. The molecule has 136 valence electrons. The van der Waals surface area contributed by atoms with Crippen LogP contribution in [-0.2, 0) is 23.8 Å². The molecular weight excluding hydrogens is 338 g/mol. The molecule has 1 aliphatic rings. The lowest BCUT2D eigenvalue weighted by atomic mass is 10.0. The Labute approximate surface area is 151 Å². The average molecular weight is 357 g/mol. The van der Waals surface area contributed by atoms with E-state index in [1.165, 1.54) is 32.3 Å². The molecule has 0 bridgehead atoms. The number of esters is 3. The van der Waals surface area contributed by atoms with E-state index in [0.29, 0.717) is 11.3 Å². The lowest BCUT2D eigenvalue weighted by molar-refractivity contribution is -0.139. The first-order chi connectivity index (χ1) is 12.5. The first-order valence-electron chi connectivity index (χ1n) is 7.69. The van der Waals surface area contributed by atoms with Crippen molar-refractivity contribution in [1.82, 2.24) is 0 Å². The zero-order valence-corrected chi connectivity index (χ0v) is 14.9. The molecule has 0 fully saturated rings. The molecule has 0 aliphatic carbocycles. The van der Waals surface area contributed by atoms with E-state index >= 15 is 0 Å². The molecule has 0 unspecified atom stereocenters. The van der Waals surface area contributed by atoms with Gasteiger partial charge in [-0.05, 0) is 30.7 Å². The Morgan fingerprint density at radius 3 is 2.15 bits per heavy atom. The number of methoxy groups -OCH3 is 3. The van der Waals surface area contributed by atoms with Crippen LogP contribution in [0.1, 0.15) is 15.9 Å². The van der Waals surface area contributed by atoms with Gasteiger partial charge in [0.2, 0.25) is 0 Å². The third kappa shape index (κ3) is 3.51. The highest BCUT2D eigenvalue weighted by Crippen LogP contribution is 2.32. The molecule has 1 aromatic rings. The number of rotatable bonds is 4. The largest absolute Gasteiger partial charge is 0.465 e. The summed E-state index contributed by atoms with van der Waals surface area (Å²) in [7, 11) is 3.69. The summed E-state index contributed by atoms with van der Waals surface area (Å²) in [6.07, 6.45) is 6.23. The van der Waals surface area contributed by atoms with Crippen LogP contribution in [0.25, 0.3) is 0 Å². The van der Waals surface area contributed by atoms with Gasteiger partial charge in [0.1, 0.15) is 5.70 Å². The Balaban J connectivity index is 2.80. The first kappa shape index (κ1) is 19.0. The van der Waals surface area contributed by atoms with Crippen molar-refractivity contribution in [3.05, 3.63) is 65.0 Å². The van der Waals surface area contributed by atoms with E-state index in [-0.39, 0.29) is 16.8 Å². The number of hydrogen-bond acceptors (Lipinski definition) is 7. The zero-order valence-electron chi connectivity index (χ0n) is 14.9. The molecule has 7 heteroatoms. The first-order valence-corrected chi connectivity index (χ1v) is 7.69. The van der Waals surface area contributed by atoms with Crippen LogP contribution in [0.3, 0.4) is 0 Å². The molecule has 2 rings (SSSR count). The standard InChI is InChI=1S/C19H19NO6/c1-12-8-7-10-13(17(21)24-2)15(12)20-11-6-5-9-14(18(22)25-3)16(20)19(23)26-4/h5-11H,1-4H3. The number of carbonyl (C=O) groups excluding carboxylic acids is 3. The molecule has 0 spiro atoms. The number of ether oxygens (including phenoxy) is 3. The molecule has 0 N–H and O–H groups in total. The van der Waals surface area contributed by atoms with Crippen molar-refractivity contribution in [2.45, 2.75) is 6.92 Å². The van der Waals surface area contributed by atoms with E-state index < -0.39 is 17.9 Å². The minimum absolute atomic E-state index is 0.00317. The smallest absolute Gasteiger partial charge is 0.355 e. The number of carbonyl (C=O) groups is 3. The predicted molar refractivity (Wildman–Crippen MR) is 94.3 cm³/mol. The minimum atomic E-state index is -0.749. The average Bonchev–Trinajstić information content (AvgIpc) is 2.88. The maximum atomic E-state index is 12.5. The van der Waals surface area contributed by atoms with Gasteiger partial charge in [-0.3, -0.25) is 0 Å². The van der Waals surface area contributed by atoms with Crippen LogP contribution in [0.2, 0.25) is 0 Å². The van der Waals surface area contributed by atoms with Gasteiger partial charge < -0.3 is 19.1 Å². The summed E-state index contributed by atoms with van der Waals surface area (Å²) < 4.78 is 14.5. The molecule has 0 aromatic heterocycles. The summed E-state index contributed by atoms with van der Waals surface area (Å²) in [6.45, 7) is 1.78. The van der Waals surface area contributed by atoms with Crippen molar-refractivity contribution in [1.29, 1.82) is 0 Å². The maximum absolute atomic E-state index is 12.5. The molecule has 1 heterocycles. The van der Waals surface area contributed by atoms with Gasteiger partial charge in [-0.2, -0.15) is 0 Å². The van der Waals surface area contributed by atoms with Crippen molar-refractivity contribution in [3.8, 4) is 0 Å². The highest BCUT2D eigenvalue weighted by Gasteiger charge is 2.30. The molecular formula is C19H19NO6. The monoisotopic (exact) mass is 357 g/mol. The molecule has 0 radical (unpaired) electrons. The Kier molecular flexibility index (Phi) is 5.95. The summed E-state index contributed by atoms with van der Waals surface area (Å²) in [5.74, 6) is -2.03. The van der Waals surface area contributed by atoms with E-state index in [9.17, 15) is 14.4 Å². The van der Waals surface area contributed by atoms with Gasteiger partial charge in [0.25, 0.3) is 0 Å². The van der Waals surface area contributed by atoms with Crippen LogP contribution in [0, 0.1) is 6.92 Å². The normalized spacial score (nSPS) is 13.3. The molecule has 7 nitrogen and oxygen atoms in total. The summed E-state index contributed by atoms with van der Waals surface area (Å²) >= 11 is 0. The second-order valence-corrected chi connectivity index (χ2v) is 5.28. The van der Waals surface area contributed by atoms with E-state index in [4.69, 9.17) is 14.2 Å². The van der Waals surface area contributed by atoms with Gasteiger partial charge in [0.05, 0.1) is 38.2 Å². The zero-order chi connectivity index (χ0) is 19.3. The number of allylic oxidation sites excluding steroid dienone is 2. The number of hydrogen-bond donors (Lipinski definition) is 0. The quantitative estimate of drug-likeness (QED) is 0.604. The Hall–Kier alpha value is -3.35. The highest BCUT2D eigenvalue weighted by molar-refractivity contribution is 6.07. The van der Waals surface area contributed by atoms with Crippen LogP contribution in [0.5, 0.6) is 0 Å². The van der Waals surface area contributed by atoms with Gasteiger partial charge in [-0.1, -0.05) is 18.2 Å². The van der Waals surface area contributed by atoms with E-state index in [1.54, 1.807) is 43.5 Å². The van der Waals surface area contributed by atoms with Crippen LogP contribution in [0.4, 0.5) is 5.69 Å². The SMILES string of the molecule is COC(=O)C1=C(C(=O)OC)N(c2c(C)cccc2C(=O)OC)C=CC=C1. The fourth-order valence-corrected chi connectivity index (χ4v) is 2.59. The second kappa shape index (κ2) is 8.15. The fraction of sp³-hybridized carbons (Fsp3) is 0.211. The molecule has 26 heavy (non-hydrogen) atoms. The van der Waals surface area contributed by atoms with Gasteiger partial charge in [0.15, 0.2) is 0 Å². The Bertz CT molecular complexity index is 834. The number of para-hydroxylation sites is 1. The predicted octanol–water partition coefficient (Wildman–Crippen LogP) is 2.27. The van der Waals surface area contributed by atoms with Crippen molar-refractivity contribution in [2.75, 3.05) is 26.2 Å². The molecule has 0 saturated heterocycles. The van der Waals surface area contributed by atoms with Crippen LogP contribution in [0.15, 0.2) is 53.9 Å². The lowest BCUT2D eigenvalue weighted by Gasteiger charge is -2.26. The van der Waals surface area contributed by atoms with Crippen molar-refractivity contribution < 1.29 is 28.6 Å². The van der Waals surface area contributed by atoms with Crippen LogP contribution in [-0.4, -0.2) is 39.2 Å². The topological polar surface area (TPSA) is 82.1 Å². The molecule has 0 amide bonds. The van der Waals surface area contributed by atoms with Crippen LogP contribution < -0.4 is 4.90 Å². The maximum Gasteiger partial charge on any atom is 0.355 e. The molecule has 1 aromatic carbocycles. The summed E-state index contributed by atoms with van der Waals surface area (Å²) in [6, 6.07) is 5.06. The van der Waals surface area contributed by atoms with Crippen LogP contribution >= 0.6 is 0 Å². The summed E-state index contributed by atoms with van der Waals surface area (Å²) in [5.41, 5.74) is 1.28. The van der Waals surface area contributed by atoms with Crippen molar-refractivity contribution in [3.63, 3.8) is 0 Å². The number of benzene rings is 1. The third-order valence-corrected chi connectivity index (χ3v) is 3.77. The molecule has 0 atom stereocenters. The van der Waals surface area contributed by atoms with Gasteiger partial charge >= 0.3 is 17.9 Å². The van der Waals surface area contributed by atoms with Crippen molar-refractivity contribution in [2.24, 2.45) is 0 Å². The number of anilines is 1. The summed E-state index contributed by atoms with van der Waals surface area (Å²) in [4.78, 5) is 38.3. The lowest BCUT2D eigenvalue weighted by Crippen LogP contribution is -2.28. The second-order valence-electron chi connectivity index (χ2n) is 5.28. The van der Waals surface area contributed by atoms with Gasteiger partial charge in [-0.25, -0.2) is 14.4 Å². The number of aryl methyl sites for hydroxylation is 1.